The Hall–Kier alpha value is -2.82. The maximum absolute atomic E-state index is 12.3. The monoisotopic (exact) mass is 386 g/mol. The minimum atomic E-state index is -3.65. The van der Waals surface area contributed by atoms with Crippen molar-refractivity contribution >= 4 is 15.9 Å². The molecule has 0 saturated carbocycles. The second kappa shape index (κ2) is 8.71. The van der Waals surface area contributed by atoms with Crippen LogP contribution in [0, 0.1) is 18.8 Å². The van der Waals surface area contributed by atoms with Gasteiger partial charge in [0.2, 0.25) is 10.0 Å². The zero-order chi connectivity index (χ0) is 20.0. The number of methoxy groups -OCH3 is 1. The van der Waals surface area contributed by atoms with E-state index in [4.69, 9.17) is 4.74 Å². The molecule has 27 heavy (non-hydrogen) atoms. The fraction of sp³-hybridized carbons (Fsp3) is 0.250. The number of benzene rings is 2. The lowest BCUT2D eigenvalue weighted by Crippen LogP contribution is -2.24. The number of rotatable bonds is 5. The van der Waals surface area contributed by atoms with Crippen molar-refractivity contribution in [2.24, 2.45) is 0 Å². The fourth-order valence-electron chi connectivity index (χ4n) is 2.33. The van der Waals surface area contributed by atoms with Crippen LogP contribution in [0.25, 0.3) is 0 Å². The summed E-state index contributed by atoms with van der Waals surface area (Å²) >= 11 is 0. The Labute approximate surface area is 160 Å². The second-order valence-corrected chi connectivity index (χ2v) is 7.80. The molecule has 0 fully saturated rings. The summed E-state index contributed by atoms with van der Waals surface area (Å²) in [4.78, 5) is 13.5. The molecule has 2 aromatic rings. The molecule has 0 bridgehead atoms. The highest BCUT2D eigenvalue weighted by Gasteiger charge is 2.14. The third-order valence-electron chi connectivity index (χ3n) is 3.80. The molecule has 0 saturated heterocycles. The molecule has 2 aromatic carbocycles. The lowest BCUT2D eigenvalue weighted by Gasteiger charge is -2.09. The fourth-order valence-corrected chi connectivity index (χ4v) is 3.34. The third-order valence-corrected chi connectivity index (χ3v) is 5.20. The van der Waals surface area contributed by atoms with Gasteiger partial charge in [0.05, 0.1) is 18.6 Å². The van der Waals surface area contributed by atoms with Gasteiger partial charge in [-0.25, -0.2) is 8.42 Å². The zero-order valence-electron chi connectivity index (χ0n) is 15.7. The van der Waals surface area contributed by atoms with Gasteiger partial charge in [0.25, 0.3) is 5.91 Å². The molecular weight excluding hydrogens is 364 g/mol. The van der Waals surface area contributed by atoms with Crippen LogP contribution in [0.4, 0.5) is 0 Å². The number of nitrogens with one attached hydrogen (secondary N) is 1. The third kappa shape index (κ3) is 5.33. The molecule has 2 rings (SSSR count). The van der Waals surface area contributed by atoms with Crippen LogP contribution in [0.5, 0.6) is 5.75 Å². The maximum atomic E-state index is 12.3. The number of ether oxygens (including phenoxy) is 1. The van der Waals surface area contributed by atoms with Gasteiger partial charge in [0.1, 0.15) is 5.75 Å². The molecule has 142 valence electrons. The van der Waals surface area contributed by atoms with Gasteiger partial charge in [0, 0.05) is 25.2 Å². The molecule has 0 aliphatic heterocycles. The van der Waals surface area contributed by atoms with Crippen LogP contribution in [0.2, 0.25) is 0 Å². The van der Waals surface area contributed by atoms with Crippen LogP contribution >= 0.6 is 0 Å². The molecule has 1 N–H and O–H groups in total. The first-order valence-corrected chi connectivity index (χ1v) is 9.68. The SMILES string of the molecule is COc1ccc(S(=O)(=O)NCC#Cc2ccc(C(=O)N(C)C)cc2)cc1C. The summed E-state index contributed by atoms with van der Waals surface area (Å²) in [7, 11) is 1.26. The number of amides is 1. The van der Waals surface area contributed by atoms with Gasteiger partial charge in [-0.05, 0) is 55.0 Å². The van der Waals surface area contributed by atoms with Crippen molar-refractivity contribution in [1.29, 1.82) is 0 Å². The van der Waals surface area contributed by atoms with E-state index in [2.05, 4.69) is 16.6 Å². The average Bonchev–Trinajstić information content (AvgIpc) is 2.65. The number of hydrogen-bond donors (Lipinski definition) is 1. The van der Waals surface area contributed by atoms with Crippen molar-refractivity contribution < 1.29 is 17.9 Å². The van der Waals surface area contributed by atoms with E-state index in [1.54, 1.807) is 57.4 Å². The molecule has 1 amide bonds. The second-order valence-electron chi connectivity index (χ2n) is 6.03. The van der Waals surface area contributed by atoms with Crippen LogP contribution in [0.3, 0.4) is 0 Å². The van der Waals surface area contributed by atoms with Crippen LogP contribution in [-0.2, 0) is 10.0 Å². The Morgan fingerprint density at radius 2 is 1.81 bits per heavy atom. The van der Waals surface area contributed by atoms with E-state index in [1.807, 2.05) is 0 Å². The first-order valence-electron chi connectivity index (χ1n) is 8.19. The Morgan fingerprint density at radius 3 is 2.37 bits per heavy atom. The molecule has 7 heteroatoms. The molecule has 0 aliphatic rings. The highest BCUT2D eigenvalue weighted by Crippen LogP contribution is 2.21. The molecule has 6 nitrogen and oxygen atoms in total. The highest BCUT2D eigenvalue weighted by molar-refractivity contribution is 7.89. The van der Waals surface area contributed by atoms with Gasteiger partial charge in [0.15, 0.2) is 0 Å². The van der Waals surface area contributed by atoms with Crippen molar-refractivity contribution in [2.45, 2.75) is 11.8 Å². The molecule has 0 unspecified atom stereocenters. The van der Waals surface area contributed by atoms with Crippen molar-refractivity contribution in [2.75, 3.05) is 27.7 Å². The van der Waals surface area contributed by atoms with Gasteiger partial charge in [-0.15, -0.1) is 0 Å². The quantitative estimate of drug-likeness (QED) is 0.798. The molecule has 0 atom stereocenters. The number of sulfonamides is 1. The smallest absolute Gasteiger partial charge is 0.253 e. The van der Waals surface area contributed by atoms with Crippen molar-refractivity contribution in [3.05, 3.63) is 59.2 Å². The van der Waals surface area contributed by atoms with E-state index < -0.39 is 10.0 Å². The number of nitrogens with zero attached hydrogens (tertiary/aromatic N) is 1. The predicted octanol–water partition coefficient (Wildman–Crippen LogP) is 2.04. The lowest BCUT2D eigenvalue weighted by atomic mass is 10.1. The summed E-state index contributed by atoms with van der Waals surface area (Å²) in [6.07, 6.45) is 0. The van der Waals surface area contributed by atoms with Crippen LogP contribution in [0.1, 0.15) is 21.5 Å². The van der Waals surface area contributed by atoms with Crippen LogP contribution in [0.15, 0.2) is 47.4 Å². The summed E-state index contributed by atoms with van der Waals surface area (Å²) in [5.74, 6) is 6.19. The Morgan fingerprint density at radius 1 is 1.15 bits per heavy atom. The molecule has 0 aromatic heterocycles. The van der Waals surface area contributed by atoms with Gasteiger partial charge in [-0.3, -0.25) is 4.79 Å². The number of aryl methyl sites for hydroxylation is 1. The lowest BCUT2D eigenvalue weighted by molar-refractivity contribution is 0.0827. The maximum Gasteiger partial charge on any atom is 0.253 e. The average molecular weight is 386 g/mol. The number of carbonyl (C=O) groups is 1. The largest absolute Gasteiger partial charge is 0.496 e. The van der Waals surface area contributed by atoms with Crippen molar-refractivity contribution in [3.8, 4) is 17.6 Å². The van der Waals surface area contributed by atoms with Crippen molar-refractivity contribution in [3.63, 3.8) is 0 Å². The summed E-state index contributed by atoms with van der Waals surface area (Å²) < 4.78 is 32.2. The topological polar surface area (TPSA) is 75.7 Å². The summed E-state index contributed by atoms with van der Waals surface area (Å²) in [5.41, 5.74) is 2.00. The summed E-state index contributed by atoms with van der Waals surface area (Å²) in [5, 5.41) is 0. The van der Waals surface area contributed by atoms with E-state index in [1.165, 1.54) is 18.1 Å². The standard InChI is InChI=1S/C20H22N2O4S/c1-15-14-18(11-12-19(15)26-4)27(24,25)21-13-5-6-16-7-9-17(10-8-16)20(23)22(2)3/h7-12,14,21H,13H2,1-4H3. The summed E-state index contributed by atoms with van der Waals surface area (Å²) in [6.45, 7) is 1.76. The predicted molar refractivity (Wildman–Crippen MR) is 104 cm³/mol. The summed E-state index contributed by atoms with van der Waals surface area (Å²) in [6, 6.07) is 11.5. The van der Waals surface area contributed by atoms with Gasteiger partial charge in [-0.2, -0.15) is 4.72 Å². The van der Waals surface area contributed by atoms with E-state index >= 15 is 0 Å². The normalized spacial score (nSPS) is 10.7. The number of hydrogen-bond acceptors (Lipinski definition) is 4. The molecular formula is C20H22N2O4S. The van der Waals surface area contributed by atoms with E-state index in [-0.39, 0.29) is 17.3 Å². The van der Waals surface area contributed by atoms with Gasteiger partial charge >= 0.3 is 0 Å². The van der Waals surface area contributed by atoms with Crippen molar-refractivity contribution in [1.82, 2.24) is 9.62 Å². The Balaban J connectivity index is 2.02. The Bertz CT molecular complexity index is 985. The van der Waals surface area contributed by atoms with E-state index in [9.17, 15) is 13.2 Å². The van der Waals surface area contributed by atoms with Gasteiger partial charge < -0.3 is 9.64 Å². The minimum absolute atomic E-state index is 0.0220. The molecule has 0 heterocycles. The first kappa shape index (κ1) is 20.5. The van der Waals surface area contributed by atoms with Crippen LogP contribution in [-0.4, -0.2) is 47.0 Å². The zero-order valence-corrected chi connectivity index (χ0v) is 16.6. The van der Waals surface area contributed by atoms with Gasteiger partial charge in [-0.1, -0.05) is 11.8 Å². The molecule has 0 radical (unpaired) electrons. The number of carbonyl (C=O) groups excluding carboxylic acids is 1. The highest BCUT2D eigenvalue weighted by atomic mass is 32.2. The molecule has 0 spiro atoms. The minimum Gasteiger partial charge on any atom is -0.496 e. The first-order chi connectivity index (χ1) is 12.7. The Kier molecular flexibility index (Phi) is 6.61. The molecule has 0 aliphatic carbocycles. The van der Waals surface area contributed by atoms with E-state index in [0.717, 1.165) is 5.56 Å². The van der Waals surface area contributed by atoms with Crippen LogP contribution < -0.4 is 9.46 Å². The van der Waals surface area contributed by atoms with E-state index in [0.29, 0.717) is 16.9 Å².